The first kappa shape index (κ1) is 15.5. The van der Waals surface area contributed by atoms with Gasteiger partial charge in [-0.15, -0.1) is 16.8 Å². The van der Waals surface area contributed by atoms with Crippen LogP contribution in [-0.4, -0.2) is 35.7 Å². The fourth-order valence-corrected chi connectivity index (χ4v) is 2.79. The molecule has 18 heavy (non-hydrogen) atoms. The number of aromatic nitrogens is 2. The second-order valence-corrected chi connectivity index (χ2v) is 6.51. The molecule has 102 valence electrons. The van der Waals surface area contributed by atoms with Crippen molar-refractivity contribution in [3.05, 3.63) is 12.7 Å². The molecule has 0 aliphatic heterocycles. The van der Waals surface area contributed by atoms with Gasteiger partial charge in [0.15, 0.2) is 4.34 Å². The predicted octanol–water partition coefficient (Wildman–Crippen LogP) is 3.29. The monoisotopic (exact) mass is 287 g/mol. The number of thioether (sulfide) groups is 1. The highest BCUT2D eigenvalue weighted by atomic mass is 32.2. The zero-order valence-corrected chi connectivity index (χ0v) is 12.6. The Hall–Kier alpha value is -0.590. The third-order valence-corrected chi connectivity index (χ3v) is 4.08. The molecule has 0 saturated carbocycles. The lowest BCUT2D eigenvalue weighted by Gasteiger charge is -2.05. The Morgan fingerprint density at radius 3 is 3.00 bits per heavy atom. The van der Waals surface area contributed by atoms with Crippen LogP contribution in [0.1, 0.15) is 20.3 Å². The van der Waals surface area contributed by atoms with E-state index in [2.05, 4.69) is 35.9 Å². The van der Waals surface area contributed by atoms with Gasteiger partial charge in [0, 0.05) is 18.9 Å². The van der Waals surface area contributed by atoms with Gasteiger partial charge in [0.1, 0.15) is 0 Å². The maximum absolute atomic E-state index is 5.54. The van der Waals surface area contributed by atoms with Crippen molar-refractivity contribution in [3.8, 4) is 0 Å². The van der Waals surface area contributed by atoms with Gasteiger partial charge in [-0.3, -0.25) is 0 Å². The third-order valence-electron chi connectivity index (χ3n) is 2.10. The summed E-state index contributed by atoms with van der Waals surface area (Å²) in [5, 5.41) is 12.1. The molecule has 1 aromatic rings. The minimum absolute atomic E-state index is 0.708. The van der Waals surface area contributed by atoms with E-state index in [0.29, 0.717) is 5.92 Å². The molecular formula is C12H21N3OS2. The summed E-state index contributed by atoms with van der Waals surface area (Å²) in [5.41, 5.74) is 0. The average Bonchev–Trinajstić information content (AvgIpc) is 2.78. The Kier molecular flexibility index (Phi) is 8.04. The van der Waals surface area contributed by atoms with E-state index in [4.69, 9.17) is 4.74 Å². The molecule has 0 atom stereocenters. The molecule has 0 fully saturated rings. The molecule has 0 aromatic carbocycles. The number of anilines is 1. The Balaban J connectivity index is 2.08. The normalized spacial score (nSPS) is 10.8. The van der Waals surface area contributed by atoms with Gasteiger partial charge in [-0.05, 0) is 12.3 Å². The van der Waals surface area contributed by atoms with Crippen LogP contribution in [0.5, 0.6) is 0 Å². The molecule has 0 bridgehead atoms. The molecule has 4 nitrogen and oxygen atoms in total. The Morgan fingerprint density at radius 1 is 1.44 bits per heavy atom. The van der Waals surface area contributed by atoms with Crippen LogP contribution in [0.25, 0.3) is 0 Å². The first-order chi connectivity index (χ1) is 8.72. The number of nitrogens with zero attached hydrogens (tertiary/aromatic N) is 2. The molecule has 0 aliphatic carbocycles. The van der Waals surface area contributed by atoms with E-state index in [1.807, 2.05) is 0 Å². The van der Waals surface area contributed by atoms with Gasteiger partial charge in [0.2, 0.25) is 5.13 Å². The summed E-state index contributed by atoms with van der Waals surface area (Å²) in [6.45, 7) is 10.4. The minimum atomic E-state index is 0.708. The van der Waals surface area contributed by atoms with Crippen LogP contribution in [0.3, 0.4) is 0 Å². The molecule has 1 aromatic heterocycles. The lowest BCUT2D eigenvalue weighted by atomic mass is 10.1. The number of hydrogen-bond donors (Lipinski definition) is 1. The lowest BCUT2D eigenvalue weighted by Crippen LogP contribution is -2.02. The molecule has 6 heteroatoms. The molecule has 0 radical (unpaired) electrons. The van der Waals surface area contributed by atoms with Gasteiger partial charge < -0.3 is 10.1 Å². The highest BCUT2D eigenvalue weighted by Crippen LogP contribution is 2.25. The smallest absolute Gasteiger partial charge is 0.206 e. The van der Waals surface area contributed by atoms with Gasteiger partial charge in [0.05, 0.1) is 6.61 Å². The molecule has 0 unspecified atom stereocenters. The molecule has 1 rings (SSSR count). The minimum Gasteiger partial charge on any atom is -0.381 e. The fraction of sp³-hybridized carbons (Fsp3) is 0.667. The van der Waals surface area contributed by atoms with Crippen LogP contribution in [-0.2, 0) is 4.74 Å². The van der Waals surface area contributed by atoms with Gasteiger partial charge in [-0.1, -0.05) is 43.0 Å². The molecule has 0 saturated heterocycles. The highest BCUT2D eigenvalue weighted by molar-refractivity contribution is 8.01. The van der Waals surface area contributed by atoms with E-state index in [1.54, 1.807) is 29.2 Å². The number of nitrogens with one attached hydrogen (secondary N) is 1. The molecule has 0 aliphatic rings. The van der Waals surface area contributed by atoms with Crippen molar-refractivity contribution >= 4 is 28.2 Å². The molecule has 0 amide bonds. The third kappa shape index (κ3) is 6.98. The summed E-state index contributed by atoms with van der Waals surface area (Å²) in [4.78, 5) is 0. The second kappa shape index (κ2) is 9.35. The molecule has 0 spiro atoms. The SMILES string of the molecule is C=CCNc1nnc(SCCOCCC(C)C)s1. The summed E-state index contributed by atoms with van der Waals surface area (Å²) in [7, 11) is 0. The largest absolute Gasteiger partial charge is 0.381 e. The molecule has 1 N–H and O–H groups in total. The number of hydrogen-bond acceptors (Lipinski definition) is 6. The standard InChI is InChI=1S/C12H21N3OS2/c1-4-6-13-11-14-15-12(18-11)17-9-8-16-7-5-10(2)3/h4,10H,1,5-9H2,2-3H3,(H,13,14). The summed E-state index contributed by atoms with van der Waals surface area (Å²) in [5.74, 6) is 1.63. The van der Waals surface area contributed by atoms with Crippen LogP contribution in [0.4, 0.5) is 5.13 Å². The lowest BCUT2D eigenvalue weighted by molar-refractivity contribution is 0.138. The van der Waals surface area contributed by atoms with Crippen LogP contribution in [0, 0.1) is 5.92 Å². The van der Waals surface area contributed by atoms with Crippen LogP contribution in [0.2, 0.25) is 0 Å². The van der Waals surface area contributed by atoms with E-state index in [9.17, 15) is 0 Å². The Bertz CT molecular complexity index is 342. The van der Waals surface area contributed by atoms with Crippen LogP contribution >= 0.6 is 23.1 Å². The quantitative estimate of drug-likeness (QED) is 0.406. The van der Waals surface area contributed by atoms with Crippen molar-refractivity contribution in [3.63, 3.8) is 0 Å². The first-order valence-corrected chi connectivity index (χ1v) is 7.91. The topological polar surface area (TPSA) is 47.0 Å². The number of ether oxygens (including phenoxy) is 1. The Labute approximate surface area is 117 Å². The van der Waals surface area contributed by atoms with E-state index < -0.39 is 0 Å². The molecular weight excluding hydrogens is 266 g/mol. The summed E-state index contributed by atoms with van der Waals surface area (Å²) < 4.78 is 6.53. The van der Waals surface area contributed by atoms with E-state index >= 15 is 0 Å². The van der Waals surface area contributed by atoms with Gasteiger partial charge in [0.25, 0.3) is 0 Å². The summed E-state index contributed by atoms with van der Waals surface area (Å²) >= 11 is 3.26. The Morgan fingerprint density at radius 2 is 2.28 bits per heavy atom. The zero-order valence-electron chi connectivity index (χ0n) is 11.0. The highest BCUT2D eigenvalue weighted by Gasteiger charge is 2.03. The van der Waals surface area contributed by atoms with E-state index in [0.717, 1.165) is 41.4 Å². The van der Waals surface area contributed by atoms with Gasteiger partial charge in [-0.25, -0.2) is 0 Å². The van der Waals surface area contributed by atoms with Crippen molar-refractivity contribution in [2.45, 2.75) is 24.6 Å². The molecule has 1 heterocycles. The summed E-state index contributed by atoms with van der Waals surface area (Å²) in [6, 6.07) is 0. The van der Waals surface area contributed by atoms with Gasteiger partial charge >= 0.3 is 0 Å². The van der Waals surface area contributed by atoms with Crippen molar-refractivity contribution in [1.29, 1.82) is 0 Å². The van der Waals surface area contributed by atoms with E-state index in [-0.39, 0.29) is 0 Å². The second-order valence-electron chi connectivity index (χ2n) is 4.19. The van der Waals surface area contributed by atoms with Crippen LogP contribution < -0.4 is 5.32 Å². The van der Waals surface area contributed by atoms with Crippen molar-refractivity contribution < 1.29 is 4.74 Å². The maximum atomic E-state index is 5.54. The maximum Gasteiger partial charge on any atom is 0.206 e. The average molecular weight is 287 g/mol. The zero-order chi connectivity index (χ0) is 13.2. The predicted molar refractivity (Wildman–Crippen MR) is 79.6 cm³/mol. The first-order valence-electron chi connectivity index (χ1n) is 6.11. The van der Waals surface area contributed by atoms with Crippen molar-refractivity contribution in [2.75, 3.05) is 30.8 Å². The van der Waals surface area contributed by atoms with Crippen LogP contribution in [0.15, 0.2) is 17.0 Å². The van der Waals surface area contributed by atoms with Crippen molar-refractivity contribution in [2.24, 2.45) is 5.92 Å². The van der Waals surface area contributed by atoms with E-state index in [1.165, 1.54) is 0 Å². The fourth-order valence-electron chi connectivity index (χ4n) is 1.11. The summed E-state index contributed by atoms with van der Waals surface area (Å²) in [6.07, 6.45) is 2.93. The number of rotatable bonds is 10. The van der Waals surface area contributed by atoms with Gasteiger partial charge in [-0.2, -0.15) is 0 Å². The van der Waals surface area contributed by atoms with Crippen molar-refractivity contribution in [1.82, 2.24) is 10.2 Å².